The lowest BCUT2D eigenvalue weighted by molar-refractivity contribution is -0.107. The molecule has 0 saturated carbocycles. The molecule has 0 aromatic heterocycles. The van der Waals surface area contributed by atoms with Gasteiger partial charge in [-0.25, -0.2) is 0 Å². The van der Waals surface area contributed by atoms with Crippen molar-refractivity contribution in [2.24, 2.45) is 0 Å². The summed E-state index contributed by atoms with van der Waals surface area (Å²) in [5, 5.41) is 3.08. The molecule has 0 unspecified atom stereocenters. The summed E-state index contributed by atoms with van der Waals surface area (Å²) in [5.41, 5.74) is 1.21. The summed E-state index contributed by atoms with van der Waals surface area (Å²) >= 11 is 0. The van der Waals surface area contributed by atoms with Gasteiger partial charge in [-0.1, -0.05) is 30.3 Å². The molecule has 0 aliphatic rings. The molecule has 0 fully saturated rings. The summed E-state index contributed by atoms with van der Waals surface area (Å²) < 4.78 is 0. The number of carbonyl (C=O) groups is 1. The first-order valence-corrected chi connectivity index (χ1v) is 4.06. The van der Waals surface area contributed by atoms with E-state index in [1.807, 2.05) is 37.3 Å². The maximum absolute atomic E-state index is 10.1. The number of aldehydes is 1. The monoisotopic (exact) mass is 163 g/mol. The van der Waals surface area contributed by atoms with Crippen LogP contribution in [0.5, 0.6) is 0 Å². The van der Waals surface area contributed by atoms with Crippen molar-refractivity contribution >= 4 is 6.29 Å². The van der Waals surface area contributed by atoms with Crippen molar-refractivity contribution in [3.63, 3.8) is 0 Å². The molecule has 1 rings (SSSR count). The van der Waals surface area contributed by atoms with Gasteiger partial charge in [0.25, 0.3) is 0 Å². The van der Waals surface area contributed by atoms with E-state index in [9.17, 15) is 4.79 Å². The van der Waals surface area contributed by atoms with Gasteiger partial charge in [0.1, 0.15) is 6.29 Å². The van der Waals surface area contributed by atoms with E-state index >= 15 is 0 Å². The fraction of sp³-hybridized carbons (Fsp3) is 0.300. The Labute approximate surface area is 72.6 Å². The number of rotatable bonds is 4. The standard InChI is InChI=1S/C10H13NO/c1-9(11-7-8-12)10-5-3-2-4-6-10/h2-6,8-9,11H,7H2,1H3/t9-/m0/s1. The number of carbonyl (C=O) groups excluding carboxylic acids is 1. The summed E-state index contributed by atoms with van der Waals surface area (Å²) in [6, 6.07) is 10.3. The van der Waals surface area contributed by atoms with E-state index in [4.69, 9.17) is 0 Å². The first-order chi connectivity index (χ1) is 5.84. The van der Waals surface area contributed by atoms with Crippen LogP contribution in [-0.2, 0) is 4.79 Å². The molecule has 2 heteroatoms. The first-order valence-electron chi connectivity index (χ1n) is 4.06. The molecule has 1 aromatic rings. The highest BCUT2D eigenvalue weighted by atomic mass is 16.1. The van der Waals surface area contributed by atoms with Gasteiger partial charge < -0.3 is 10.1 Å². The highest BCUT2D eigenvalue weighted by Gasteiger charge is 2.01. The maximum atomic E-state index is 10.1. The lowest BCUT2D eigenvalue weighted by Crippen LogP contribution is -2.20. The van der Waals surface area contributed by atoms with Crippen LogP contribution in [0.3, 0.4) is 0 Å². The molecule has 1 atom stereocenters. The number of benzene rings is 1. The van der Waals surface area contributed by atoms with Gasteiger partial charge in [-0.05, 0) is 12.5 Å². The summed E-state index contributed by atoms with van der Waals surface area (Å²) in [4.78, 5) is 10.1. The Bertz CT molecular complexity index is 233. The molecule has 0 aliphatic heterocycles. The molecule has 0 saturated heterocycles. The minimum atomic E-state index is 0.247. The van der Waals surface area contributed by atoms with Crippen LogP contribution < -0.4 is 5.32 Å². The zero-order valence-electron chi connectivity index (χ0n) is 7.16. The van der Waals surface area contributed by atoms with E-state index in [0.717, 1.165) is 6.29 Å². The Morgan fingerprint density at radius 3 is 2.67 bits per heavy atom. The number of hydrogen-bond donors (Lipinski definition) is 1. The van der Waals surface area contributed by atoms with E-state index in [2.05, 4.69) is 5.32 Å². The van der Waals surface area contributed by atoms with E-state index < -0.39 is 0 Å². The van der Waals surface area contributed by atoms with Gasteiger partial charge in [0, 0.05) is 6.04 Å². The Morgan fingerprint density at radius 2 is 2.08 bits per heavy atom. The van der Waals surface area contributed by atoms with Gasteiger partial charge in [-0.3, -0.25) is 0 Å². The predicted molar refractivity (Wildman–Crippen MR) is 48.9 cm³/mol. The van der Waals surface area contributed by atoms with Gasteiger partial charge in [-0.15, -0.1) is 0 Å². The Morgan fingerprint density at radius 1 is 1.42 bits per heavy atom. The van der Waals surface area contributed by atoms with E-state index in [0.29, 0.717) is 6.54 Å². The second-order valence-corrected chi connectivity index (χ2v) is 2.71. The fourth-order valence-electron chi connectivity index (χ4n) is 1.08. The molecule has 1 aromatic carbocycles. The Kier molecular flexibility index (Phi) is 3.48. The quantitative estimate of drug-likeness (QED) is 0.682. The molecule has 0 heterocycles. The summed E-state index contributed by atoms with van der Waals surface area (Å²) in [6.45, 7) is 2.45. The van der Waals surface area contributed by atoms with Crippen LogP contribution in [-0.4, -0.2) is 12.8 Å². The van der Waals surface area contributed by atoms with E-state index in [1.54, 1.807) is 0 Å². The molecular weight excluding hydrogens is 150 g/mol. The van der Waals surface area contributed by atoms with Gasteiger partial charge in [-0.2, -0.15) is 0 Å². The highest BCUT2D eigenvalue weighted by Crippen LogP contribution is 2.09. The third-order valence-corrected chi connectivity index (χ3v) is 1.81. The van der Waals surface area contributed by atoms with Crippen LogP contribution in [0.1, 0.15) is 18.5 Å². The Balaban J connectivity index is 2.53. The summed E-state index contributed by atoms with van der Waals surface area (Å²) in [6.07, 6.45) is 0.874. The molecule has 1 N–H and O–H groups in total. The average molecular weight is 163 g/mol. The van der Waals surface area contributed by atoms with Gasteiger partial charge in [0.05, 0.1) is 6.54 Å². The van der Waals surface area contributed by atoms with Crippen LogP contribution in [0.15, 0.2) is 30.3 Å². The Hall–Kier alpha value is -1.15. The molecule has 2 nitrogen and oxygen atoms in total. The molecular formula is C10H13NO. The van der Waals surface area contributed by atoms with Crippen molar-refractivity contribution in [1.29, 1.82) is 0 Å². The second kappa shape index (κ2) is 4.67. The summed E-state index contributed by atoms with van der Waals surface area (Å²) in [7, 11) is 0. The first kappa shape index (κ1) is 8.94. The predicted octanol–water partition coefficient (Wildman–Crippen LogP) is 1.54. The van der Waals surface area contributed by atoms with Crippen molar-refractivity contribution in [1.82, 2.24) is 5.32 Å². The van der Waals surface area contributed by atoms with Gasteiger partial charge >= 0.3 is 0 Å². The van der Waals surface area contributed by atoms with Crippen molar-refractivity contribution in [2.45, 2.75) is 13.0 Å². The van der Waals surface area contributed by atoms with Crippen LogP contribution in [0.25, 0.3) is 0 Å². The lowest BCUT2D eigenvalue weighted by Gasteiger charge is -2.11. The summed E-state index contributed by atoms with van der Waals surface area (Å²) in [5.74, 6) is 0. The van der Waals surface area contributed by atoms with E-state index in [1.165, 1.54) is 5.56 Å². The van der Waals surface area contributed by atoms with Crippen molar-refractivity contribution < 1.29 is 4.79 Å². The van der Waals surface area contributed by atoms with Crippen LogP contribution in [0.4, 0.5) is 0 Å². The zero-order chi connectivity index (χ0) is 8.81. The molecule has 64 valence electrons. The SMILES string of the molecule is C[C@H](NCC=O)c1ccccc1. The molecule has 0 radical (unpaired) electrons. The highest BCUT2D eigenvalue weighted by molar-refractivity contribution is 5.52. The maximum Gasteiger partial charge on any atom is 0.133 e. The van der Waals surface area contributed by atoms with Crippen LogP contribution in [0.2, 0.25) is 0 Å². The average Bonchev–Trinajstić information content (AvgIpc) is 2.15. The minimum Gasteiger partial charge on any atom is -0.304 e. The molecule has 0 bridgehead atoms. The fourth-order valence-corrected chi connectivity index (χ4v) is 1.08. The minimum absolute atomic E-state index is 0.247. The van der Waals surface area contributed by atoms with Crippen LogP contribution >= 0.6 is 0 Å². The lowest BCUT2D eigenvalue weighted by atomic mass is 10.1. The number of hydrogen-bond acceptors (Lipinski definition) is 2. The largest absolute Gasteiger partial charge is 0.304 e. The molecule has 0 aliphatic carbocycles. The number of nitrogens with one attached hydrogen (secondary N) is 1. The van der Waals surface area contributed by atoms with Crippen molar-refractivity contribution in [2.75, 3.05) is 6.54 Å². The van der Waals surface area contributed by atoms with Crippen molar-refractivity contribution in [3.8, 4) is 0 Å². The molecule has 0 spiro atoms. The normalized spacial score (nSPS) is 12.4. The zero-order valence-corrected chi connectivity index (χ0v) is 7.16. The second-order valence-electron chi connectivity index (χ2n) is 2.71. The third-order valence-electron chi connectivity index (χ3n) is 1.81. The van der Waals surface area contributed by atoms with E-state index in [-0.39, 0.29) is 6.04 Å². The third kappa shape index (κ3) is 2.47. The van der Waals surface area contributed by atoms with Gasteiger partial charge in [0.15, 0.2) is 0 Å². The molecule has 0 amide bonds. The topological polar surface area (TPSA) is 29.1 Å². The molecule has 12 heavy (non-hydrogen) atoms. The van der Waals surface area contributed by atoms with Gasteiger partial charge in [0.2, 0.25) is 0 Å². The van der Waals surface area contributed by atoms with Crippen molar-refractivity contribution in [3.05, 3.63) is 35.9 Å². The van der Waals surface area contributed by atoms with Crippen LogP contribution in [0, 0.1) is 0 Å². The smallest absolute Gasteiger partial charge is 0.133 e.